The van der Waals surface area contributed by atoms with Gasteiger partial charge in [-0.05, 0) is 49.9 Å². The molecule has 0 radical (unpaired) electrons. The summed E-state index contributed by atoms with van der Waals surface area (Å²) in [6, 6.07) is 18.4. The molecule has 1 N–H and O–H groups in total. The molecule has 25 heavy (non-hydrogen) atoms. The monoisotopic (exact) mass is 357 g/mol. The highest BCUT2D eigenvalue weighted by atomic mass is 32.2. The molecule has 3 nitrogen and oxygen atoms in total. The maximum Gasteiger partial charge on any atom is 0.232 e. The van der Waals surface area contributed by atoms with Crippen LogP contribution in [0.3, 0.4) is 0 Å². The Kier molecular flexibility index (Phi) is 8.40. The van der Waals surface area contributed by atoms with Gasteiger partial charge in [0.05, 0.1) is 11.9 Å². The standard InChI is InChI=1S/C21H27NO2S/c1-3-24-20-13-11-18(12-14-20)10-7-15-22-21(23)17(2)25-16-19-8-5-4-6-9-19/h4-6,8-9,11-14,17H,3,7,10,15-16H2,1-2H3,(H,22,23)/t17-/m1/s1. The molecule has 0 spiro atoms. The van der Waals surface area contributed by atoms with Gasteiger partial charge in [-0.3, -0.25) is 4.79 Å². The molecular weight excluding hydrogens is 330 g/mol. The highest BCUT2D eigenvalue weighted by Gasteiger charge is 2.12. The smallest absolute Gasteiger partial charge is 0.232 e. The van der Waals surface area contributed by atoms with Gasteiger partial charge < -0.3 is 10.1 Å². The third kappa shape index (κ3) is 7.22. The number of carbonyl (C=O) groups excluding carboxylic acids is 1. The molecule has 0 saturated carbocycles. The van der Waals surface area contributed by atoms with Crippen LogP contribution in [0, 0.1) is 0 Å². The summed E-state index contributed by atoms with van der Waals surface area (Å²) in [5.74, 6) is 1.89. The van der Waals surface area contributed by atoms with E-state index in [0.29, 0.717) is 13.2 Å². The minimum absolute atomic E-state index is 0.0364. The van der Waals surface area contributed by atoms with E-state index in [9.17, 15) is 4.79 Å². The van der Waals surface area contributed by atoms with Gasteiger partial charge in [0.25, 0.3) is 0 Å². The normalized spacial score (nSPS) is 11.8. The highest BCUT2D eigenvalue weighted by molar-refractivity contribution is 7.99. The summed E-state index contributed by atoms with van der Waals surface area (Å²) >= 11 is 1.67. The number of thioether (sulfide) groups is 1. The average molecular weight is 358 g/mol. The van der Waals surface area contributed by atoms with Crippen molar-refractivity contribution in [3.8, 4) is 5.75 Å². The van der Waals surface area contributed by atoms with E-state index in [4.69, 9.17) is 4.74 Å². The minimum atomic E-state index is -0.0364. The molecule has 2 aromatic rings. The Labute approximate surface area is 155 Å². The van der Waals surface area contributed by atoms with Crippen LogP contribution < -0.4 is 10.1 Å². The minimum Gasteiger partial charge on any atom is -0.494 e. The fraction of sp³-hybridized carbons (Fsp3) is 0.381. The molecule has 4 heteroatoms. The molecule has 0 saturated heterocycles. The lowest BCUT2D eigenvalue weighted by atomic mass is 10.1. The summed E-state index contributed by atoms with van der Waals surface area (Å²) in [5, 5.41) is 3.00. The van der Waals surface area contributed by atoms with Gasteiger partial charge in [-0.2, -0.15) is 0 Å². The predicted octanol–water partition coefficient (Wildman–Crippen LogP) is 4.46. The lowest BCUT2D eigenvalue weighted by Gasteiger charge is -2.12. The fourth-order valence-electron chi connectivity index (χ4n) is 2.44. The second kappa shape index (κ2) is 10.8. The number of carbonyl (C=O) groups is 1. The topological polar surface area (TPSA) is 38.3 Å². The first-order chi connectivity index (χ1) is 12.2. The Morgan fingerprint density at radius 3 is 2.48 bits per heavy atom. The highest BCUT2D eigenvalue weighted by Crippen LogP contribution is 2.17. The number of benzene rings is 2. The van der Waals surface area contributed by atoms with Crippen molar-refractivity contribution < 1.29 is 9.53 Å². The maximum absolute atomic E-state index is 12.1. The van der Waals surface area contributed by atoms with E-state index in [0.717, 1.165) is 24.3 Å². The van der Waals surface area contributed by atoms with Crippen molar-refractivity contribution in [3.63, 3.8) is 0 Å². The molecule has 0 fully saturated rings. The Bertz CT molecular complexity index is 628. The van der Waals surface area contributed by atoms with Crippen molar-refractivity contribution >= 4 is 17.7 Å². The number of hydrogen-bond donors (Lipinski definition) is 1. The number of amides is 1. The largest absolute Gasteiger partial charge is 0.494 e. The van der Waals surface area contributed by atoms with Crippen LogP contribution in [0.2, 0.25) is 0 Å². The zero-order valence-electron chi connectivity index (χ0n) is 15.0. The van der Waals surface area contributed by atoms with E-state index >= 15 is 0 Å². The van der Waals surface area contributed by atoms with Crippen molar-refractivity contribution in [3.05, 3.63) is 65.7 Å². The average Bonchev–Trinajstić information content (AvgIpc) is 2.65. The molecular formula is C21H27NO2S. The van der Waals surface area contributed by atoms with Crippen molar-refractivity contribution in [2.75, 3.05) is 13.2 Å². The van der Waals surface area contributed by atoms with Crippen molar-refractivity contribution in [2.24, 2.45) is 0 Å². The van der Waals surface area contributed by atoms with E-state index in [-0.39, 0.29) is 11.2 Å². The maximum atomic E-state index is 12.1. The van der Waals surface area contributed by atoms with Gasteiger partial charge in [-0.15, -0.1) is 11.8 Å². The Balaban J connectivity index is 1.62. The lowest BCUT2D eigenvalue weighted by Crippen LogP contribution is -2.31. The zero-order valence-corrected chi connectivity index (χ0v) is 15.9. The van der Waals surface area contributed by atoms with E-state index in [1.54, 1.807) is 11.8 Å². The van der Waals surface area contributed by atoms with Crippen LogP contribution in [0.4, 0.5) is 0 Å². The van der Waals surface area contributed by atoms with E-state index in [1.165, 1.54) is 11.1 Å². The first kappa shape index (κ1) is 19.4. The van der Waals surface area contributed by atoms with E-state index in [2.05, 4.69) is 29.6 Å². The van der Waals surface area contributed by atoms with E-state index in [1.807, 2.05) is 44.2 Å². The summed E-state index contributed by atoms with van der Waals surface area (Å²) in [4.78, 5) is 12.1. The SMILES string of the molecule is CCOc1ccc(CCCNC(=O)[C@@H](C)SCc2ccccc2)cc1. The summed E-state index contributed by atoms with van der Waals surface area (Å²) in [7, 11) is 0. The number of aryl methyl sites for hydroxylation is 1. The summed E-state index contributed by atoms with van der Waals surface area (Å²) in [6.07, 6.45) is 1.90. The first-order valence-corrected chi connectivity index (χ1v) is 9.89. The number of rotatable bonds is 10. The Morgan fingerprint density at radius 2 is 1.80 bits per heavy atom. The van der Waals surface area contributed by atoms with Crippen LogP contribution >= 0.6 is 11.8 Å². The van der Waals surface area contributed by atoms with Gasteiger partial charge in [0.1, 0.15) is 5.75 Å². The quantitative estimate of drug-likeness (QED) is 0.638. The van der Waals surface area contributed by atoms with Crippen LogP contribution in [-0.2, 0) is 17.0 Å². The molecule has 0 aliphatic heterocycles. The molecule has 0 bridgehead atoms. The van der Waals surface area contributed by atoms with Gasteiger partial charge >= 0.3 is 0 Å². The number of ether oxygens (including phenoxy) is 1. The van der Waals surface area contributed by atoms with Gasteiger partial charge in [0.2, 0.25) is 5.91 Å². The van der Waals surface area contributed by atoms with Crippen molar-refractivity contribution in [1.82, 2.24) is 5.32 Å². The molecule has 1 atom stereocenters. The zero-order chi connectivity index (χ0) is 17.9. The van der Waals surface area contributed by atoms with Gasteiger partial charge in [-0.25, -0.2) is 0 Å². The molecule has 0 aliphatic rings. The molecule has 0 unspecified atom stereocenters. The van der Waals surface area contributed by atoms with Crippen LogP contribution in [-0.4, -0.2) is 24.3 Å². The predicted molar refractivity (Wildman–Crippen MR) is 106 cm³/mol. The number of nitrogens with one attached hydrogen (secondary N) is 1. The van der Waals surface area contributed by atoms with Crippen molar-refractivity contribution in [2.45, 2.75) is 37.7 Å². The molecule has 2 aromatic carbocycles. The summed E-state index contributed by atoms with van der Waals surface area (Å²) in [6.45, 7) is 5.35. The van der Waals surface area contributed by atoms with Gasteiger partial charge in [-0.1, -0.05) is 42.5 Å². The molecule has 134 valence electrons. The van der Waals surface area contributed by atoms with Gasteiger partial charge in [0.15, 0.2) is 0 Å². The first-order valence-electron chi connectivity index (χ1n) is 8.84. The summed E-state index contributed by atoms with van der Waals surface area (Å²) in [5.41, 5.74) is 2.52. The second-order valence-electron chi connectivity index (χ2n) is 5.91. The molecule has 2 rings (SSSR count). The third-order valence-electron chi connectivity index (χ3n) is 3.89. The van der Waals surface area contributed by atoms with E-state index < -0.39 is 0 Å². The molecule has 0 heterocycles. The van der Waals surface area contributed by atoms with Crippen LogP contribution in [0.1, 0.15) is 31.4 Å². The van der Waals surface area contributed by atoms with Gasteiger partial charge in [0, 0.05) is 12.3 Å². The van der Waals surface area contributed by atoms with Crippen molar-refractivity contribution in [1.29, 1.82) is 0 Å². The van der Waals surface area contributed by atoms with Crippen LogP contribution in [0.25, 0.3) is 0 Å². The molecule has 0 aliphatic carbocycles. The fourth-order valence-corrected chi connectivity index (χ4v) is 3.31. The third-order valence-corrected chi connectivity index (χ3v) is 5.10. The van der Waals surface area contributed by atoms with Crippen LogP contribution in [0.15, 0.2) is 54.6 Å². The second-order valence-corrected chi connectivity index (χ2v) is 7.24. The Hall–Kier alpha value is -1.94. The Morgan fingerprint density at radius 1 is 1.08 bits per heavy atom. The van der Waals surface area contributed by atoms with Crippen LogP contribution in [0.5, 0.6) is 5.75 Å². The molecule has 0 aromatic heterocycles. The lowest BCUT2D eigenvalue weighted by molar-refractivity contribution is -0.120. The number of hydrogen-bond acceptors (Lipinski definition) is 3. The molecule has 1 amide bonds. The summed E-state index contributed by atoms with van der Waals surface area (Å²) < 4.78 is 5.44.